The van der Waals surface area contributed by atoms with Gasteiger partial charge in [0, 0.05) is 19.0 Å². The van der Waals surface area contributed by atoms with Gasteiger partial charge in [-0.1, -0.05) is 12.1 Å². The van der Waals surface area contributed by atoms with E-state index in [-0.39, 0.29) is 16.9 Å². The molecule has 0 atom stereocenters. The van der Waals surface area contributed by atoms with E-state index in [1.807, 2.05) is 0 Å². The van der Waals surface area contributed by atoms with Crippen LogP contribution in [0.3, 0.4) is 0 Å². The SMILES string of the molecule is OB(O)c1ccc(C2CNC2)c(C(F)(F)F)c1. The maximum absolute atomic E-state index is 12.8. The molecular formula is C10H11BF3NO2. The summed E-state index contributed by atoms with van der Waals surface area (Å²) in [5, 5.41) is 20.7. The molecule has 0 aliphatic carbocycles. The lowest BCUT2D eigenvalue weighted by molar-refractivity contribution is -0.138. The van der Waals surface area contributed by atoms with Gasteiger partial charge in [0.1, 0.15) is 0 Å². The molecule has 0 amide bonds. The number of halogens is 3. The van der Waals surface area contributed by atoms with Crippen LogP contribution in [-0.4, -0.2) is 30.3 Å². The second-order valence-corrected chi connectivity index (χ2v) is 4.07. The van der Waals surface area contributed by atoms with E-state index in [9.17, 15) is 13.2 Å². The highest BCUT2D eigenvalue weighted by atomic mass is 19.4. The largest absolute Gasteiger partial charge is 0.488 e. The van der Waals surface area contributed by atoms with Gasteiger partial charge in [-0.25, -0.2) is 0 Å². The molecule has 0 unspecified atom stereocenters. The smallest absolute Gasteiger partial charge is 0.423 e. The molecular weight excluding hydrogens is 234 g/mol. The summed E-state index contributed by atoms with van der Waals surface area (Å²) in [6.07, 6.45) is -4.48. The Balaban J connectivity index is 2.44. The summed E-state index contributed by atoms with van der Waals surface area (Å²) < 4.78 is 38.5. The van der Waals surface area contributed by atoms with E-state index < -0.39 is 18.9 Å². The Morgan fingerprint density at radius 2 is 1.88 bits per heavy atom. The average molecular weight is 245 g/mol. The maximum atomic E-state index is 12.8. The number of nitrogens with one attached hydrogen (secondary N) is 1. The molecule has 1 aliphatic heterocycles. The number of hydrogen-bond acceptors (Lipinski definition) is 3. The van der Waals surface area contributed by atoms with Crippen LogP contribution in [0.5, 0.6) is 0 Å². The van der Waals surface area contributed by atoms with Crippen LogP contribution in [0.25, 0.3) is 0 Å². The molecule has 1 fully saturated rings. The van der Waals surface area contributed by atoms with Gasteiger partial charge in [-0.2, -0.15) is 13.2 Å². The second-order valence-electron chi connectivity index (χ2n) is 4.07. The molecule has 92 valence electrons. The van der Waals surface area contributed by atoms with Gasteiger partial charge >= 0.3 is 13.3 Å². The second kappa shape index (κ2) is 4.32. The van der Waals surface area contributed by atoms with Gasteiger partial charge in [-0.15, -0.1) is 0 Å². The van der Waals surface area contributed by atoms with E-state index in [0.717, 1.165) is 6.07 Å². The van der Waals surface area contributed by atoms with E-state index >= 15 is 0 Å². The molecule has 1 aromatic rings. The van der Waals surface area contributed by atoms with Crippen molar-refractivity contribution in [2.24, 2.45) is 0 Å². The fourth-order valence-electron chi connectivity index (χ4n) is 1.84. The van der Waals surface area contributed by atoms with Crippen molar-refractivity contribution in [1.29, 1.82) is 0 Å². The Morgan fingerprint density at radius 3 is 2.29 bits per heavy atom. The molecule has 0 radical (unpaired) electrons. The third-order valence-electron chi connectivity index (χ3n) is 2.90. The maximum Gasteiger partial charge on any atom is 0.488 e. The van der Waals surface area contributed by atoms with Gasteiger partial charge in [0.15, 0.2) is 0 Å². The van der Waals surface area contributed by atoms with Gasteiger partial charge in [-0.05, 0) is 17.1 Å². The molecule has 0 spiro atoms. The molecule has 3 N–H and O–H groups in total. The normalized spacial score (nSPS) is 16.8. The molecule has 1 heterocycles. The lowest BCUT2D eigenvalue weighted by Crippen LogP contribution is -2.41. The molecule has 2 rings (SSSR count). The number of alkyl halides is 3. The highest BCUT2D eigenvalue weighted by Gasteiger charge is 2.37. The van der Waals surface area contributed by atoms with Gasteiger partial charge in [0.2, 0.25) is 0 Å². The van der Waals surface area contributed by atoms with Crippen molar-refractivity contribution in [3.63, 3.8) is 0 Å². The Kier molecular flexibility index (Phi) is 3.16. The summed E-state index contributed by atoms with van der Waals surface area (Å²) in [6, 6.07) is 3.44. The predicted octanol–water partition coefficient (Wildman–Crippen LogP) is 0.0720. The van der Waals surface area contributed by atoms with Gasteiger partial charge in [0.05, 0.1) is 5.56 Å². The molecule has 1 aromatic carbocycles. The van der Waals surface area contributed by atoms with Crippen LogP contribution in [0.2, 0.25) is 0 Å². The van der Waals surface area contributed by atoms with E-state index in [2.05, 4.69) is 5.32 Å². The minimum Gasteiger partial charge on any atom is -0.423 e. The third-order valence-corrected chi connectivity index (χ3v) is 2.90. The van der Waals surface area contributed by atoms with Crippen LogP contribution in [0.15, 0.2) is 18.2 Å². The zero-order valence-corrected chi connectivity index (χ0v) is 8.83. The van der Waals surface area contributed by atoms with Crippen molar-refractivity contribution in [1.82, 2.24) is 5.32 Å². The van der Waals surface area contributed by atoms with Crippen molar-refractivity contribution < 1.29 is 23.2 Å². The van der Waals surface area contributed by atoms with Crippen LogP contribution in [-0.2, 0) is 6.18 Å². The van der Waals surface area contributed by atoms with Crippen molar-refractivity contribution in [3.05, 3.63) is 29.3 Å². The minimum atomic E-state index is -4.48. The molecule has 7 heteroatoms. The number of benzene rings is 1. The van der Waals surface area contributed by atoms with Gasteiger partial charge < -0.3 is 15.4 Å². The van der Waals surface area contributed by atoms with Crippen LogP contribution in [0, 0.1) is 0 Å². The van der Waals surface area contributed by atoms with E-state index in [4.69, 9.17) is 10.0 Å². The van der Waals surface area contributed by atoms with Crippen molar-refractivity contribution >= 4 is 12.6 Å². The van der Waals surface area contributed by atoms with E-state index in [0.29, 0.717) is 13.1 Å². The Morgan fingerprint density at radius 1 is 1.24 bits per heavy atom. The topological polar surface area (TPSA) is 52.5 Å². The summed E-state index contributed by atoms with van der Waals surface area (Å²) in [6.45, 7) is 1.04. The summed E-state index contributed by atoms with van der Waals surface area (Å²) in [5.41, 5.74) is -0.719. The number of rotatable bonds is 2. The summed E-state index contributed by atoms with van der Waals surface area (Å²) in [5.74, 6) is -0.156. The highest BCUT2D eigenvalue weighted by Crippen LogP contribution is 2.35. The first-order chi connectivity index (χ1) is 7.89. The first kappa shape index (κ1) is 12.4. The standard InChI is InChI=1S/C10H11BF3NO2/c12-10(13,14)9-3-7(11(16)17)1-2-8(9)6-4-15-5-6/h1-3,6,15-17H,4-5H2. The zero-order valence-electron chi connectivity index (χ0n) is 8.83. The molecule has 0 saturated carbocycles. The molecule has 17 heavy (non-hydrogen) atoms. The van der Waals surface area contributed by atoms with Crippen molar-refractivity contribution in [2.75, 3.05) is 13.1 Å². The van der Waals surface area contributed by atoms with Crippen molar-refractivity contribution in [2.45, 2.75) is 12.1 Å². The predicted molar refractivity (Wildman–Crippen MR) is 56.9 cm³/mol. The molecule has 1 aliphatic rings. The highest BCUT2D eigenvalue weighted by molar-refractivity contribution is 6.58. The Labute approximate surface area is 96.4 Å². The summed E-state index contributed by atoms with van der Waals surface area (Å²) in [7, 11) is -1.88. The van der Waals surface area contributed by atoms with E-state index in [1.165, 1.54) is 12.1 Å². The van der Waals surface area contributed by atoms with E-state index in [1.54, 1.807) is 0 Å². The fraction of sp³-hybridized carbons (Fsp3) is 0.400. The zero-order chi connectivity index (χ0) is 12.6. The minimum absolute atomic E-state index is 0.145. The average Bonchev–Trinajstić information content (AvgIpc) is 2.13. The molecule has 0 aromatic heterocycles. The van der Waals surface area contributed by atoms with Crippen LogP contribution >= 0.6 is 0 Å². The first-order valence-electron chi connectivity index (χ1n) is 5.17. The van der Waals surface area contributed by atoms with Gasteiger partial charge in [0.25, 0.3) is 0 Å². The molecule has 0 bridgehead atoms. The molecule has 3 nitrogen and oxygen atoms in total. The molecule has 1 saturated heterocycles. The number of hydrogen-bond donors (Lipinski definition) is 3. The van der Waals surface area contributed by atoms with Crippen LogP contribution in [0.4, 0.5) is 13.2 Å². The monoisotopic (exact) mass is 245 g/mol. The third kappa shape index (κ3) is 2.46. The van der Waals surface area contributed by atoms with Crippen molar-refractivity contribution in [3.8, 4) is 0 Å². The summed E-state index contributed by atoms with van der Waals surface area (Å²) in [4.78, 5) is 0. The lowest BCUT2D eigenvalue weighted by atomic mass is 9.77. The fourth-order valence-corrected chi connectivity index (χ4v) is 1.84. The quantitative estimate of drug-likeness (QED) is 0.646. The van der Waals surface area contributed by atoms with Gasteiger partial charge in [-0.3, -0.25) is 0 Å². The lowest BCUT2D eigenvalue weighted by Gasteiger charge is -2.30. The van der Waals surface area contributed by atoms with Crippen LogP contribution < -0.4 is 10.8 Å². The summed E-state index contributed by atoms with van der Waals surface area (Å²) >= 11 is 0. The Bertz CT molecular complexity index is 419. The first-order valence-corrected chi connectivity index (χ1v) is 5.17. The Hall–Kier alpha value is -1.05. The van der Waals surface area contributed by atoms with Crippen LogP contribution in [0.1, 0.15) is 17.0 Å².